The predicted molar refractivity (Wildman–Crippen MR) is 127 cm³/mol. The van der Waals surface area contributed by atoms with Crippen LogP contribution in [0.15, 0.2) is 72.3 Å². The third kappa shape index (κ3) is 6.37. The van der Waals surface area contributed by atoms with Crippen LogP contribution in [-0.2, 0) is 17.9 Å². The van der Waals surface area contributed by atoms with Crippen molar-refractivity contribution in [1.82, 2.24) is 5.32 Å². The molecule has 3 rings (SSSR count). The topological polar surface area (TPSA) is 80.6 Å². The molecular formula is C27H26N2O4. The number of hydrogen-bond acceptors (Lipinski definition) is 5. The molecule has 6 heteroatoms. The van der Waals surface area contributed by atoms with Gasteiger partial charge in [-0.2, -0.15) is 5.26 Å². The maximum Gasteiger partial charge on any atom is 0.262 e. The van der Waals surface area contributed by atoms with Gasteiger partial charge < -0.3 is 19.5 Å². The summed E-state index contributed by atoms with van der Waals surface area (Å²) in [5.41, 5.74) is 3.61. The third-order valence-corrected chi connectivity index (χ3v) is 5.03. The van der Waals surface area contributed by atoms with E-state index in [9.17, 15) is 10.1 Å². The lowest BCUT2D eigenvalue weighted by Crippen LogP contribution is -2.24. The Bertz CT molecular complexity index is 1180. The van der Waals surface area contributed by atoms with E-state index in [1.807, 2.05) is 67.6 Å². The third-order valence-electron chi connectivity index (χ3n) is 5.03. The van der Waals surface area contributed by atoms with Crippen LogP contribution in [0.4, 0.5) is 0 Å². The van der Waals surface area contributed by atoms with Crippen molar-refractivity contribution >= 4 is 12.0 Å². The van der Waals surface area contributed by atoms with Crippen LogP contribution in [0.5, 0.6) is 17.2 Å². The van der Waals surface area contributed by atoms with Gasteiger partial charge in [-0.05, 0) is 36.8 Å². The van der Waals surface area contributed by atoms with E-state index in [2.05, 4.69) is 5.32 Å². The van der Waals surface area contributed by atoms with Crippen LogP contribution in [-0.4, -0.2) is 20.1 Å². The molecule has 0 spiro atoms. The zero-order valence-corrected chi connectivity index (χ0v) is 18.9. The first-order chi connectivity index (χ1) is 16.0. The van der Waals surface area contributed by atoms with E-state index in [1.165, 1.54) is 11.6 Å². The normalized spacial score (nSPS) is 10.8. The van der Waals surface area contributed by atoms with Crippen molar-refractivity contribution in [3.63, 3.8) is 0 Å². The van der Waals surface area contributed by atoms with Crippen LogP contribution in [0.25, 0.3) is 6.08 Å². The Morgan fingerprint density at radius 2 is 1.76 bits per heavy atom. The van der Waals surface area contributed by atoms with Crippen LogP contribution >= 0.6 is 0 Å². The van der Waals surface area contributed by atoms with Gasteiger partial charge in [0, 0.05) is 23.7 Å². The zero-order valence-electron chi connectivity index (χ0n) is 18.9. The van der Waals surface area contributed by atoms with Gasteiger partial charge in [0.1, 0.15) is 35.5 Å². The highest BCUT2D eigenvalue weighted by molar-refractivity contribution is 6.01. The molecule has 0 fully saturated rings. The largest absolute Gasteiger partial charge is 0.497 e. The van der Waals surface area contributed by atoms with Gasteiger partial charge in [-0.1, -0.05) is 48.0 Å². The summed E-state index contributed by atoms with van der Waals surface area (Å²) in [7, 11) is 3.12. The van der Waals surface area contributed by atoms with E-state index in [-0.39, 0.29) is 12.1 Å². The first-order valence-electron chi connectivity index (χ1n) is 10.4. The molecule has 0 aliphatic rings. The van der Waals surface area contributed by atoms with Gasteiger partial charge in [-0.15, -0.1) is 0 Å². The van der Waals surface area contributed by atoms with E-state index in [4.69, 9.17) is 14.2 Å². The van der Waals surface area contributed by atoms with Crippen LogP contribution < -0.4 is 19.5 Å². The lowest BCUT2D eigenvalue weighted by Gasteiger charge is -2.12. The number of methoxy groups -OCH3 is 2. The van der Waals surface area contributed by atoms with E-state index < -0.39 is 5.91 Å². The lowest BCUT2D eigenvalue weighted by molar-refractivity contribution is -0.117. The summed E-state index contributed by atoms with van der Waals surface area (Å²) in [5.74, 6) is 1.35. The van der Waals surface area contributed by atoms with Crippen LogP contribution in [0.3, 0.4) is 0 Å². The molecule has 0 atom stereocenters. The number of rotatable bonds is 9. The molecule has 6 nitrogen and oxygen atoms in total. The number of nitriles is 1. The summed E-state index contributed by atoms with van der Waals surface area (Å²) < 4.78 is 16.5. The number of aryl methyl sites for hydroxylation is 1. The number of carbonyl (C=O) groups excluding carboxylic acids is 1. The molecule has 0 saturated heterocycles. The second-order valence-electron chi connectivity index (χ2n) is 7.34. The van der Waals surface area contributed by atoms with Crippen molar-refractivity contribution in [2.45, 2.75) is 20.1 Å². The van der Waals surface area contributed by atoms with Gasteiger partial charge in [0.25, 0.3) is 5.91 Å². The quantitative estimate of drug-likeness (QED) is 0.380. The molecule has 3 aromatic carbocycles. The van der Waals surface area contributed by atoms with Gasteiger partial charge >= 0.3 is 0 Å². The van der Waals surface area contributed by atoms with E-state index in [0.29, 0.717) is 29.4 Å². The summed E-state index contributed by atoms with van der Waals surface area (Å²) >= 11 is 0. The highest BCUT2D eigenvalue weighted by atomic mass is 16.5. The molecule has 0 radical (unpaired) electrons. The molecule has 3 aromatic rings. The number of hydrogen-bond donors (Lipinski definition) is 1. The molecule has 168 valence electrons. The van der Waals surface area contributed by atoms with Gasteiger partial charge in [0.2, 0.25) is 0 Å². The van der Waals surface area contributed by atoms with Gasteiger partial charge in [-0.25, -0.2) is 0 Å². The first kappa shape index (κ1) is 23.4. The van der Waals surface area contributed by atoms with Crippen molar-refractivity contribution in [1.29, 1.82) is 5.26 Å². The Morgan fingerprint density at radius 3 is 2.45 bits per heavy atom. The molecule has 0 aliphatic carbocycles. The fourth-order valence-electron chi connectivity index (χ4n) is 3.15. The number of benzene rings is 3. The molecule has 1 N–H and O–H groups in total. The monoisotopic (exact) mass is 442 g/mol. The summed E-state index contributed by atoms with van der Waals surface area (Å²) in [5, 5.41) is 12.4. The molecule has 0 aromatic heterocycles. The summed E-state index contributed by atoms with van der Waals surface area (Å²) in [4.78, 5) is 12.7. The number of ether oxygens (including phenoxy) is 3. The van der Waals surface area contributed by atoms with Crippen molar-refractivity contribution < 1.29 is 19.0 Å². The molecular weight excluding hydrogens is 416 g/mol. The number of amides is 1. The second kappa shape index (κ2) is 11.4. The van der Waals surface area contributed by atoms with Crippen molar-refractivity contribution in [2.75, 3.05) is 14.2 Å². The first-order valence-corrected chi connectivity index (χ1v) is 10.4. The fourth-order valence-corrected chi connectivity index (χ4v) is 3.15. The van der Waals surface area contributed by atoms with Gasteiger partial charge in [0.05, 0.1) is 14.2 Å². The lowest BCUT2D eigenvalue weighted by atomic mass is 10.1. The minimum absolute atomic E-state index is 0.0196. The average Bonchev–Trinajstić information content (AvgIpc) is 2.85. The number of carbonyl (C=O) groups is 1. The summed E-state index contributed by atoms with van der Waals surface area (Å²) in [6, 6.07) is 22.7. The van der Waals surface area contributed by atoms with E-state index in [1.54, 1.807) is 26.4 Å². The number of nitrogens with zero attached hydrogens (tertiary/aromatic N) is 1. The molecule has 0 aliphatic heterocycles. The Kier molecular flexibility index (Phi) is 8.09. The van der Waals surface area contributed by atoms with Gasteiger partial charge in [0.15, 0.2) is 0 Å². The highest BCUT2D eigenvalue weighted by Crippen LogP contribution is 2.25. The summed E-state index contributed by atoms with van der Waals surface area (Å²) in [6.45, 7) is 2.62. The Morgan fingerprint density at radius 1 is 1.00 bits per heavy atom. The molecule has 33 heavy (non-hydrogen) atoms. The van der Waals surface area contributed by atoms with Crippen LogP contribution in [0.2, 0.25) is 0 Å². The molecule has 0 saturated carbocycles. The predicted octanol–water partition coefficient (Wildman–Crippen LogP) is 4.81. The minimum atomic E-state index is -0.483. The maximum absolute atomic E-state index is 12.7. The number of nitrogens with one attached hydrogen (secondary N) is 1. The molecule has 0 heterocycles. The van der Waals surface area contributed by atoms with Crippen LogP contribution in [0, 0.1) is 18.3 Å². The highest BCUT2D eigenvalue weighted by Gasteiger charge is 2.13. The second-order valence-corrected chi connectivity index (χ2v) is 7.34. The summed E-state index contributed by atoms with van der Waals surface area (Å²) in [6.07, 6.45) is 1.53. The van der Waals surface area contributed by atoms with Gasteiger partial charge in [-0.3, -0.25) is 4.79 Å². The van der Waals surface area contributed by atoms with Crippen molar-refractivity contribution in [2.24, 2.45) is 0 Å². The van der Waals surface area contributed by atoms with E-state index in [0.717, 1.165) is 11.1 Å². The Labute approximate surface area is 194 Å². The van der Waals surface area contributed by atoms with Crippen molar-refractivity contribution in [3.8, 4) is 23.3 Å². The Hall–Kier alpha value is -4.24. The fraction of sp³-hybridized carbons (Fsp3) is 0.185. The number of para-hydroxylation sites is 1. The van der Waals surface area contributed by atoms with Crippen molar-refractivity contribution in [3.05, 3.63) is 94.6 Å². The zero-order chi connectivity index (χ0) is 23.6. The smallest absolute Gasteiger partial charge is 0.262 e. The Balaban J connectivity index is 1.72. The van der Waals surface area contributed by atoms with Crippen LogP contribution in [0.1, 0.15) is 22.3 Å². The minimum Gasteiger partial charge on any atom is -0.497 e. The SMILES string of the molecule is COc1ccc(CNC(=O)/C(C#N)=C/c2ccccc2OCc2ccc(C)cc2)c(OC)c1. The molecule has 0 bridgehead atoms. The molecule has 0 unspecified atom stereocenters. The maximum atomic E-state index is 12.7. The van der Waals surface area contributed by atoms with E-state index >= 15 is 0 Å². The standard InChI is InChI=1S/C27H26N2O4/c1-19-8-10-20(11-9-19)18-33-25-7-5-4-6-21(25)14-23(16-28)27(30)29-17-22-12-13-24(31-2)15-26(22)32-3/h4-15H,17-18H2,1-3H3,(H,29,30)/b23-14+. The molecule has 1 amide bonds. The average molecular weight is 443 g/mol.